The summed E-state index contributed by atoms with van der Waals surface area (Å²) in [5.74, 6) is 0. The molecule has 1 heteroatoms. The van der Waals surface area contributed by atoms with Crippen LogP contribution in [-0.2, 0) is 0 Å². The van der Waals surface area contributed by atoms with Crippen LogP contribution in [0.1, 0.15) is 39.5 Å². The Balaban J connectivity index is 3.07. The molecule has 0 saturated heterocycles. The van der Waals surface area contributed by atoms with Crippen LogP contribution in [0.4, 0.5) is 0 Å². The first-order valence-electron chi connectivity index (χ1n) is 3.93. The molecule has 54 valence electrons. The molecule has 0 unspecified atom stereocenters. The fourth-order valence-electron chi connectivity index (χ4n) is 0.798. The van der Waals surface area contributed by atoms with E-state index in [1.807, 2.05) is 0 Å². The number of rotatable bonds is 4. The van der Waals surface area contributed by atoms with Gasteiger partial charge in [0.05, 0.1) is 0 Å². The van der Waals surface area contributed by atoms with Crippen molar-refractivity contribution in [3.05, 3.63) is 0 Å². The first-order chi connectivity index (χ1) is 4.31. The maximum atomic E-state index is 2.32. The molecule has 0 bridgehead atoms. The zero-order valence-electron chi connectivity index (χ0n) is 6.91. The van der Waals surface area contributed by atoms with Crippen molar-refractivity contribution in [2.75, 3.05) is 0 Å². The Labute approximate surface area is 61.1 Å². The average Bonchev–Trinajstić information content (AvgIpc) is 1.89. The Morgan fingerprint density at radius 2 is 2.00 bits per heavy atom. The monoisotopic (exact) mass is 142 g/mol. The predicted octanol–water partition coefficient (Wildman–Crippen LogP) is 2.24. The van der Waals surface area contributed by atoms with Gasteiger partial charge in [-0.3, -0.25) is 0 Å². The molecule has 0 fully saturated rings. The van der Waals surface area contributed by atoms with E-state index in [0.29, 0.717) is 9.13 Å². The Morgan fingerprint density at radius 1 is 1.33 bits per heavy atom. The molecule has 0 heterocycles. The van der Waals surface area contributed by atoms with E-state index in [0.717, 1.165) is 0 Å². The first kappa shape index (κ1) is 9.09. The standard InChI is InChI=1S/C8H18Si/c1-4-5-6-7-8(2)9-3/h9H,4-7H2,1-3H3. The van der Waals surface area contributed by atoms with Gasteiger partial charge in [-0.15, -0.1) is 0 Å². The number of hydrogen-bond acceptors (Lipinski definition) is 0. The fourth-order valence-corrected chi connectivity index (χ4v) is 1.29. The van der Waals surface area contributed by atoms with E-state index in [4.69, 9.17) is 0 Å². The molecule has 0 saturated carbocycles. The molecule has 0 aromatic carbocycles. The molecule has 0 aliphatic rings. The number of unbranched alkanes of at least 4 members (excludes halogenated alkanes) is 2. The van der Waals surface area contributed by atoms with Crippen molar-refractivity contribution in [1.29, 1.82) is 0 Å². The molecule has 0 amide bonds. The van der Waals surface area contributed by atoms with E-state index in [-0.39, 0.29) is 0 Å². The second-order valence-corrected chi connectivity index (χ2v) is 4.16. The topological polar surface area (TPSA) is 0 Å². The van der Waals surface area contributed by atoms with Crippen molar-refractivity contribution >= 4 is 14.3 Å². The lowest BCUT2D eigenvalue weighted by Gasteiger charge is -1.97. The highest BCUT2D eigenvalue weighted by Gasteiger charge is 1.86. The minimum Gasteiger partial charge on any atom is -0.0959 e. The van der Waals surface area contributed by atoms with Gasteiger partial charge < -0.3 is 0 Å². The van der Waals surface area contributed by atoms with Crippen molar-refractivity contribution < 1.29 is 0 Å². The molecule has 0 rings (SSSR count). The second-order valence-electron chi connectivity index (χ2n) is 2.59. The third-order valence-electron chi connectivity index (χ3n) is 1.67. The lowest BCUT2D eigenvalue weighted by Crippen LogP contribution is -1.94. The Morgan fingerprint density at radius 3 is 2.44 bits per heavy atom. The van der Waals surface area contributed by atoms with Gasteiger partial charge in [-0.2, -0.15) is 0 Å². The Kier molecular flexibility index (Phi) is 6.27. The van der Waals surface area contributed by atoms with Crippen LogP contribution in [0.25, 0.3) is 0 Å². The molecule has 0 aliphatic carbocycles. The molecule has 0 radical (unpaired) electrons. The molecule has 0 aromatic rings. The summed E-state index contributed by atoms with van der Waals surface area (Å²) in [7, 11) is 0.643. The maximum Gasteiger partial charge on any atom is -0.0115 e. The van der Waals surface area contributed by atoms with Crippen molar-refractivity contribution in [3.63, 3.8) is 0 Å². The van der Waals surface area contributed by atoms with Crippen LogP contribution in [0.5, 0.6) is 0 Å². The predicted molar refractivity (Wildman–Crippen MR) is 47.8 cm³/mol. The highest BCUT2D eigenvalue weighted by Crippen LogP contribution is 1.98. The zero-order valence-corrected chi connectivity index (χ0v) is 8.06. The SMILES string of the molecule is CCCCCC(C)=[SiH]C. The van der Waals surface area contributed by atoms with Gasteiger partial charge in [0.1, 0.15) is 0 Å². The second kappa shape index (κ2) is 6.21. The van der Waals surface area contributed by atoms with E-state index in [1.54, 1.807) is 5.17 Å². The van der Waals surface area contributed by atoms with Gasteiger partial charge in [-0.1, -0.05) is 31.5 Å². The third-order valence-corrected chi connectivity index (χ3v) is 2.94. The average molecular weight is 142 g/mol. The van der Waals surface area contributed by atoms with Gasteiger partial charge in [-0.05, 0) is 28.9 Å². The van der Waals surface area contributed by atoms with E-state index in [1.165, 1.54) is 25.7 Å². The lowest BCUT2D eigenvalue weighted by molar-refractivity contribution is 0.744. The normalized spacial score (nSPS) is 12.1. The van der Waals surface area contributed by atoms with E-state index < -0.39 is 0 Å². The Bertz CT molecular complexity index is 84.6. The van der Waals surface area contributed by atoms with Crippen LogP contribution in [0.15, 0.2) is 0 Å². The van der Waals surface area contributed by atoms with Crippen LogP contribution in [0.3, 0.4) is 0 Å². The van der Waals surface area contributed by atoms with Crippen molar-refractivity contribution in [2.45, 2.75) is 46.1 Å². The van der Waals surface area contributed by atoms with Crippen LogP contribution in [0, 0.1) is 0 Å². The maximum absolute atomic E-state index is 2.32. The summed E-state index contributed by atoms with van der Waals surface area (Å²) < 4.78 is 0. The summed E-state index contributed by atoms with van der Waals surface area (Å²) in [6.07, 6.45) is 5.58. The highest BCUT2D eigenvalue weighted by atomic mass is 28.2. The molecule has 9 heavy (non-hydrogen) atoms. The minimum absolute atomic E-state index is 0.643. The summed E-state index contributed by atoms with van der Waals surface area (Å²) in [5.41, 5.74) is 0. The van der Waals surface area contributed by atoms with Crippen molar-refractivity contribution in [1.82, 2.24) is 0 Å². The molecule has 0 spiro atoms. The molecule has 0 N–H and O–H groups in total. The summed E-state index contributed by atoms with van der Waals surface area (Å²) in [4.78, 5) is 0. The fraction of sp³-hybridized carbons (Fsp3) is 0.875. The molecule has 0 nitrogen and oxygen atoms in total. The molecule has 0 atom stereocenters. The van der Waals surface area contributed by atoms with Crippen molar-refractivity contribution in [3.8, 4) is 0 Å². The smallest absolute Gasteiger partial charge is 0.0115 e. The zero-order chi connectivity index (χ0) is 7.11. The van der Waals surface area contributed by atoms with E-state index in [2.05, 4.69) is 20.4 Å². The highest BCUT2D eigenvalue weighted by molar-refractivity contribution is 6.52. The van der Waals surface area contributed by atoms with Gasteiger partial charge in [0, 0.05) is 0 Å². The van der Waals surface area contributed by atoms with Crippen LogP contribution in [-0.4, -0.2) is 14.3 Å². The van der Waals surface area contributed by atoms with Gasteiger partial charge in [0.25, 0.3) is 0 Å². The lowest BCUT2D eigenvalue weighted by atomic mass is 10.2. The van der Waals surface area contributed by atoms with Gasteiger partial charge in [-0.25, -0.2) is 0 Å². The van der Waals surface area contributed by atoms with E-state index in [9.17, 15) is 0 Å². The summed E-state index contributed by atoms with van der Waals surface area (Å²) >= 11 is 0. The van der Waals surface area contributed by atoms with Crippen molar-refractivity contribution in [2.24, 2.45) is 0 Å². The summed E-state index contributed by atoms with van der Waals surface area (Å²) in [6, 6.07) is 0. The number of hydrogen-bond donors (Lipinski definition) is 0. The molecular formula is C8H18Si. The summed E-state index contributed by atoms with van der Waals surface area (Å²) in [5, 5.41) is 1.74. The quantitative estimate of drug-likeness (QED) is 0.417. The van der Waals surface area contributed by atoms with E-state index >= 15 is 0 Å². The minimum atomic E-state index is 0.643. The third kappa shape index (κ3) is 5.97. The Hall–Kier alpha value is 0.0869. The largest absolute Gasteiger partial charge is 0.0959 e. The first-order valence-corrected chi connectivity index (χ1v) is 5.66. The van der Waals surface area contributed by atoms with Crippen LogP contribution >= 0.6 is 0 Å². The van der Waals surface area contributed by atoms with Crippen LogP contribution in [0.2, 0.25) is 6.55 Å². The van der Waals surface area contributed by atoms with Gasteiger partial charge in [0.2, 0.25) is 0 Å². The molecule has 0 aromatic heterocycles. The van der Waals surface area contributed by atoms with Gasteiger partial charge >= 0.3 is 0 Å². The van der Waals surface area contributed by atoms with Crippen LogP contribution < -0.4 is 0 Å². The van der Waals surface area contributed by atoms with Gasteiger partial charge in [0.15, 0.2) is 0 Å². The molecular weight excluding hydrogens is 124 g/mol. The molecule has 0 aliphatic heterocycles. The summed E-state index contributed by atoms with van der Waals surface area (Å²) in [6.45, 7) is 6.88.